The van der Waals surface area contributed by atoms with E-state index in [1.165, 1.54) is 0 Å². The highest BCUT2D eigenvalue weighted by Gasteiger charge is 2.13. The Morgan fingerprint density at radius 2 is 1.88 bits per heavy atom. The van der Waals surface area contributed by atoms with Gasteiger partial charge in [-0.25, -0.2) is 4.98 Å². The number of hydrogen-bond acceptors (Lipinski definition) is 4. The number of para-hydroxylation sites is 2. The molecule has 0 aliphatic heterocycles. The summed E-state index contributed by atoms with van der Waals surface area (Å²) in [6.45, 7) is 3.28. The highest BCUT2D eigenvalue weighted by Crippen LogP contribution is 2.38. The Kier molecular flexibility index (Phi) is 7.48. The Hall–Kier alpha value is -3.08. The molecule has 0 saturated heterocycles. The van der Waals surface area contributed by atoms with Crippen LogP contribution in [0.25, 0.3) is 17.1 Å². The zero-order chi connectivity index (χ0) is 23.2. The fourth-order valence-corrected chi connectivity index (χ4v) is 4.28. The summed E-state index contributed by atoms with van der Waals surface area (Å²) in [5.74, 6) is 1.26. The predicted octanol–water partition coefficient (Wildman–Crippen LogP) is 7.15. The van der Waals surface area contributed by atoms with E-state index in [1.807, 2.05) is 78.2 Å². The van der Waals surface area contributed by atoms with E-state index in [4.69, 9.17) is 9.47 Å². The van der Waals surface area contributed by atoms with Crippen molar-refractivity contribution in [1.29, 1.82) is 5.26 Å². The van der Waals surface area contributed by atoms with Crippen LogP contribution in [-0.2, 0) is 13.2 Å². The molecular formula is C26H21Br2N3O2. The van der Waals surface area contributed by atoms with Crippen molar-refractivity contribution in [2.75, 3.05) is 6.61 Å². The van der Waals surface area contributed by atoms with Crippen molar-refractivity contribution in [2.24, 2.45) is 0 Å². The monoisotopic (exact) mass is 565 g/mol. The molecule has 0 aliphatic rings. The maximum Gasteiger partial charge on any atom is 0.175 e. The summed E-state index contributed by atoms with van der Waals surface area (Å²) in [5.41, 5.74) is 4.41. The molecule has 33 heavy (non-hydrogen) atoms. The average molecular weight is 567 g/mol. The molecule has 1 heterocycles. The molecule has 0 N–H and O–H groups in total. The van der Waals surface area contributed by atoms with Gasteiger partial charge in [-0.15, -0.1) is 0 Å². The molecule has 0 radical (unpaired) electrons. The summed E-state index contributed by atoms with van der Waals surface area (Å²) in [4.78, 5) is 4.41. The average Bonchev–Trinajstić information content (AvgIpc) is 3.22. The van der Waals surface area contributed by atoms with Crippen molar-refractivity contribution in [3.63, 3.8) is 0 Å². The van der Waals surface area contributed by atoms with Crippen LogP contribution in [0.3, 0.4) is 0 Å². The van der Waals surface area contributed by atoms with Crippen LogP contribution in [-0.4, -0.2) is 16.2 Å². The Bertz CT molecular complexity index is 1340. The quantitative estimate of drug-likeness (QED) is 0.212. The number of imidazole rings is 1. The van der Waals surface area contributed by atoms with E-state index in [0.717, 1.165) is 31.1 Å². The molecule has 7 heteroatoms. The molecule has 0 fully saturated rings. The summed E-state index contributed by atoms with van der Waals surface area (Å²) in [6, 6.07) is 22.0. The Morgan fingerprint density at radius 1 is 1.09 bits per heavy atom. The van der Waals surface area contributed by atoms with Crippen LogP contribution in [0.2, 0.25) is 0 Å². The summed E-state index contributed by atoms with van der Waals surface area (Å²) >= 11 is 7.07. The van der Waals surface area contributed by atoms with E-state index in [2.05, 4.69) is 42.9 Å². The molecule has 0 amide bonds. The first-order chi connectivity index (χ1) is 16.1. The van der Waals surface area contributed by atoms with Gasteiger partial charge in [-0.1, -0.05) is 40.2 Å². The van der Waals surface area contributed by atoms with Crippen LogP contribution in [0.1, 0.15) is 18.1 Å². The fourth-order valence-electron chi connectivity index (χ4n) is 3.44. The van der Waals surface area contributed by atoms with Crippen LogP contribution in [0.5, 0.6) is 11.5 Å². The summed E-state index contributed by atoms with van der Waals surface area (Å²) in [6.07, 6.45) is 3.62. The number of hydrogen-bond donors (Lipinski definition) is 0. The molecule has 0 bridgehead atoms. The normalized spacial score (nSPS) is 11.4. The number of aromatic nitrogens is 2. The molecule has 0 atom stereocenters. The minimum absolute atomic E-state index is 0.415. The molecular weight excluding hydrogens is 546 g/mol. The van der Waals surface area contributed by atoms with Crippen LogP contribution in [0, 0.1) is 11.3 Å². The van der Waals surface area contributed by atoms with Crippen molar-refractivity contribution < 1.29 is 9.47 Å². The first kappa shape index (κ1) is 23.1. The SMILES string of the molecule is CCOc1cc(/C=C(/C#N)Cn2cnc3ccccc32)cc(Br)c1OCc1ccc(Br)cc1. The fraction of sp³-hybridized carbons (Fsp3) is 0.154. The lowest BCUT2D eigenvalue weighted by Gasteiger charge is -2.15. The summed E-state index contributed by atoms with van der Waals surface area (Å²) in [5, 5.41) is 9.76. The second-order valence-electron chi connectivity index (χ2n) is 7.32. The zero-order valence-corrected chi connectivity index (χ0v) is 21.1. The third kappa shape index (κ3) is 5.65. The smallest absolute Gasteiger partial charge is 0.175 e. The molecule has 3 aromatic carbocycles. The van der Waals surface area contributed by atoms with Crippen LogP contribution in [0.4, 0.5) is 0 Å². The number of benzene rings is 3. The highest BCUT2D eigenvalue weighted by molar-refractivity contribution is 9.10. The predicted molar refractivity (Wildman–Crippen MR) is 137 cm³/mol. The van der Waals surface area contributed by atoms with Gasteiger partial charge in [0.05, 0.1) is 41.1 Å². The first-order valence-corrected chi connectivity index (χ1v) is 12.0. The van der Waals surface area contributed by atoms with Crippen molar-refractivity contribution in [1.82, 2.24) is 9.55 Å². The number of nitrogens with zero attached hydrogens (tertiary/aromatic N) is 3. The van der Waals surface area contributed by atoms with Crippen molar-refractivity contribution in [3.05, 3.63) is 92.6 Å². The molecule has 166 valence electrons. The van der Waals surface area contributed by atoms with Gasteiger partial charge in [-0.3, -0.25) is 0 Å². The van der Waals surface area contributed by atoms with E-state index in [0.29, 0.717) is 36.8 Å². The van der Waals surface area contributed by atoms with Crippen LogP contribution < -0.4 is 9.47 Å². The Balaban J connectivity index is 1.59. The molecule has 0 aliphatic carbocycles. The number of ether oxygens (including phenoxy) is 2. The number of halogens is 2. The minimum atomic E-state index is 0.415. The number of allylic oxidation sites excluding steroid dienone is 1. The minimum Gasteiger partial charge on any atom is -0.490 e. The van der Waals surface area contributed by atoms with Gasteiger partial charge >= 0.3 is 0 Å². The van der Waals surface area contributed by atoms with Gasteiger partial charge < -0.3 is 14.0 Å². The van der Waals surface area contributed by atoms with Gasteiger partial charge in [0.25, 0.3) is 0 Å². The molecule has 4 aromatic rings. The lowest BCUT2D eigenvalue weighted by molar-refractivity contribution is 0.267. The van der Waals surface area contributed by atoms with E-state index < -0.39 is 0 Å². The largest absolute Gasteiger partial charge is 0.490 e. The van der Waals surface area contributed by atoms with Crippen molar-refractivity contribution in [3.8, 4) is 17.6 Å². The standard InChI is InChI=1S/C26H21Br2N3O2/c1-2-32-25-13-19(12-22(28)26(25)33-16-18-7-9-21(27)10-8-18)11-20(14-29)15-31-17-30-23-5-3-4-6-24(23)31/h3-13,17H,2,15-16H2,1H3/b20-11-. The van der Waals surface area contributed by atoms with Crippen LogP contribution in [0.15, 0.2) is 81.5 Å². The summed E-state index contributed by atoms with van der Waals surface area (Å²) in [7, 11) is 0. The van der Waals surface area contributed by atoms with E-state index in [1.54, 1.807) is 6.33 Å². The number of nitriles is 1. The molecule has 1 aromatic heterocycles. The Labute approximate surface area is 209 Å². The zero-order valence-electron chi connectivity index (χ0n) is 18.0. The molecule has 4 rings (SSSR count). The van der Waals surface area contributed by atoms with Gasteiger partial charge in [0, 0.05) is 10.0 Å². The van der Waals surface area contributed by atoms with Gasteiger partial charge in [0.15, 0.2) is 11.5 Å². The van der Waals surface area contributed by atoms with Gasteiger partial charge in [0.2, 0.25) is 0 Å². The second kappa shape index (κ2) is 10.7. The third-order valence-corrected chi connectivity index (χ3v) is 6.10. The maximum absolute atomic E-state index is 9.76. The second-order valence-corrected chi connectivity index (χ2v) is 9.09. The Morgan fingerprint density at radius 3 is 2.64 bits per heavy atom. The molecule has 0 saturated carbocycles. The highest BCUT2D eigenvalue weighted by atomic mass is 79.9. The first-order valence-electron chi connectivity index (χ1n) is 10.4. The third-order valence-electron chi connectivity index (χ3n) is 4.98. The number of fused-ring (bicyclic) bond motifs is 1. The lowest BCUT2D eigenvalue weighted by Crippen LogP contribution is -2.01. The lowest BCUT2D eigenvalue weighted by atomic mass is 10.1. The molecule has 0 spiro atoms. The number of rotatable bonds is 8. The van der Waals surface area contributed by atoms with Crippen molar-refractivity contribution >= 4 is 49.0 Å². The molecule has 0 unspecified atom stereocenters. The van der Waals surface area contributed by atoms with E-state index in [9.17, 15) is 5.26 Å². The van der Waals surface area contributed by atoms with Crippen molar-refractivity contribution in [2.45, 2.75) is 20.1 Å². The summed E-state index contributed by atoms with van der Waals surface area (Å²) < 4.78 is 15.7. The van der Waals surface area contributed by atoms with Crippen LogP contribution >= 0.6 is 31.9 Å². The van der Waals surface area contributed by atoms with Gasteiger partial charge in [-0.2, -0.15) is 5.26 Å². The van der Waals surface area contributed by atoms with E-state index in [-0.39, 0.29) is 0 Å². The van der Waals surface area contributed by atoms with E-state index >= 15 is 0 Å². The molecule has 5 nitrogen and oxygen atoms in total. The van der Waals surface area contributed by atoms with Gasteiger partial charge in [0.1, 0.15) is 6.61 Å². The maximum atomic E-state index is 9.76. The van der Waals surface area contributed by atoms with Gasteiger partial charge in [-0.05, 0) is 76.5 Å². The topological polar surface area (TPSA) is 60.1 Å².